The van der Waals surface area contributed by atoms with E-state index in [4.69, 9.17) is 0 Å². The Bertz CT molecular complexity index is 563. The zero-order valence-electron chi connectivity index (χ0n) is 12.3. The maximum atomic E-state index is 12.8. The number of hydrogen-bond donors (Lipinski definition) is 1. The fraction of sp³-hybridized carbons (Fsp3) is 0.353. The zero-order chi connectivity index (χ0) is 15.2. The van der Waals surface area contributed by atoms with Crippen LogP contribution in [-0.4, -0.2) is 5.91 Å². The molecule has 2 rings (SSSR count). The number of benzene rings is 1. The molecule has 0 spiro atoms. The molecule has 21 heavy (non-hydrogen) atoms. The number of aryl methyl sites for hydroxylation is 1. The number of rotatable bonds is 6. The summed E-state index contributed by atoms with van der Waals surface area (Å²) in [6, 6.07) is 10.4. The predicted molar refractivity (Wildman–Crippen MR) is 84.8 cm³/mol. The highest BCUT2D eigenvalue weighted by molar-refractivity contribution is 7.10. The molecule has 0 aliphatic heterocycles. The Balaban J connectivity index is 1.89. The van der Waals surface area contributed by atoms with E-state index in [0.29, 0.717) is 18.8 Å². The van der Waals surface area contributed by atoms with Crippen molar-refractivity contribution in [3.05, 3.63) is 58.0 Å². The smallest absolute Gasteiger partial charge is 0.220 e. The third-order valence-corrected chi connectivity index (χ3v) is 4.34. The molecule has 0 radical (unpaired) electrons. The van der Waals surface area contributed by atoms with Crippen molar-refractivity contribution in [2.75, 3.05) is 0 Å². The van der Waals surface area contributed by atoms with Crippen LogP contribution in [-0.2, 0) is 11.2 Å². The van der Waals surface area contributed by atoms with Gasteiger partial charge in [0.2, 0.25) is 5.91 Å². The van der Waals surface area contributed by atoms with Gasteiger partial charge in [0.15, 0.2) is 0 Å². The Labute approximate surface area is 129 Å². The summed E-state index contributed by atoms with van der Waals surface area (Å²) in [4.78, 5) is 13.3. The van der Waals surface area contributed by atoms with Gasteiger partial charge in [-0.3, -0.25) is 4.79 Å². The van der Waals surface area contributed by atoms with Gasteiger partial charge in [0, 0.05) is 11.3 Å². The molecule has 1 atom stereocenters. The van der Waals surface area contributed by atoms with Crippen LogP contribution in [0, 0.1) is 11.7 Å². The molecule has 0 saturated carbocycles. The Morgan fingerprint density at radius 1 is 1.24 bits per heavy atom. The lowest BCUT2D eigenvalue weighted by atomic mass is 10.0. The topological polar surface area (TPSA) is 29.1 Å². The zero-order valence-corrected chi connectivity index (χ0v) is 13.1. The summed E-state index contributed by atoms with van der Waals surface area (Å²) in [7, 11) is 0. The summed E-state index contributed by atoms with van der Waals surface area (Å²) in [6.45, 7) is 4.20. The molecule has 112 valence electrons. The van der Waals surface area contributed by atoms with Crippen molar-refractivity contribution < 1.29 is 9.18 Å². The van der Waals surface area contributed by atoms with Gasteiger partial charge in [-0.2, -0.15) is 0 Å². The SMILES string of the molecule is CC(C)[C@H](NC(=O)CCc1ccc(F)cc1)c1cccs1. The second-order valence-electron chi connectivity index (χ2n) is 5.43. The molecule has 1 aromatic heterocycles. The van der Waals surface area contributed by atoms with E-state index in [1.165, 1.54) is 17.0 Å². The Kier molecular flexibility index (Phi) is 5.51. The van der Waals surface area contributed by atoms with E-state index in [-0.39, 0.29) is 17.8 Å². The van der Waals surface area contributed by atoms with E-state index < -0.39 is 0 Å². The van der Waals surface area contributed by atoms with Crippen molar-refractivity contribution in [3.63, 3.8) is 0 Å². The van der Waals surface area contributed by atoms with E-state index in [0.717, 1.165) is 5.56 Å². The highest BCUT2D eigenvalue weighted by Gasteiger charge is 2.18. The summed E-state index contributed by atoms with van der Waals surface area (Å²) in [5.41, 5.74) is 0.976. The quantitative estimate of drug-likeness (QED) is 0.845. The molecule has 4 heteroatoms. The van der Waals surface area contributed by atoms with Gasteiger partial charge in [-0.1, -0.05) is 32.0 Å². The van der Waals surface area contributed by atoms with Crippen molar-refractivity contribution in [1.29, 1.82) is 0 Å². The molecular formula is C17H20FNOS. The van der Waals surface area contributed by atoms with Crippen LogP contribution < -0.4 is 5.32 Å². The average molecular weight is 305 g/mol. The Hall–Kier alpha value is -1.68. The minimum absolute atomic E-state index is 0.0337. The molecular weight excluding hydrogens is 285 g/mol. The van der Waals surface area contributed by atoms with Crippen LogP contribution >= 0.6 is 11.3 Å². The second-order valence-corrected chi connectivity index (χ2v) is 6.41. The van der Waals surface area contributed by atoms with Gasteiger partial charge in [-0.05, 0) is 41.5 Å². The fourth-order valence-corrected chi connectivity index (χ4v) is 3.14. The maximum absolute atomic E-state index is 12.8. The number of halogens is 1. The lowest BCUT2D eigenvalue weighted by Gasteiger charge is -2.21. The molecule has 2 nitrogen and oxygen atoms in total. The molecule has 0 unspecified atom stereocenters. The van der Waals surface area contributed by atoms with Crippen LogP contribution in [0.3, 0.4) is 0 Å². The summed E-state index contributed by atoms with van der Waals surface area (Å²) < 4.78 is 12.8. The average Bonchev–Trinajstić information content (AvgIpc) is 2.97. The first-order valence-corrected chi connectivity index (χ1v) is 8.01. The van der Waals surface area contributed by atoms with Gasteiger partial charge < -0.3 is 5.32 Å². The molecule has 1 aromatic carbocycles. The van der Waals surface area contributed by atoms with Crippen molar-refractivity contribution >= 4 is 17.2 Å². The number of nitrogens with one attached hydrogen (secondary N) is 1. The third kappa shape index (κ3) is 4.67. The van der Waals surface area contributed by atoms with Crippen molar-refractivity contribution in [2.45, 2.75) is 32.7 Å². The standard InChI is InChI=1S/C17H20FNOS/c1-12(2)17(15-4-3-11-21-15)19-16(20)10-7-13-5-8-14(18)9-6-13/h3-6,8-9,11-12,17H,7,10H2,1-2H3,(H,19,20)/t17-/m0/s1. The molecule has 0 saturated heterocycles. The van der Waals surface area contributed by atoms with E-state index >= 15 is 0 Å². The number of carbonyl (C=O) groups excluding carboxylic acids is 1. The molecule has 1 heterocycles. The number of thiophene rings is 1. The lowest BCUT2D eigenvalue weighted by molar-refractivity contribution is -0.122. The predicted octanol–water partition coefficient (Wildman–Crippen LogP) is 4.33. The van der Waals surface area contributed by atoms with Crippen LogP contribution in [0.4, 0.5) is 4.39 Å². The summed E-state index contributed by atoms with van der Waals surface area (Å²) in [6.07, 6.45) is 1.04. The van der Waals surface area contributed by atoms with E-state index in [1.54, 1.807) is 23.5 Å². The first-order valence-electron chi connectivity index (χ1n) is 7.13. The minimum atomic E-state index is -0.249. The van der Waals surface area contributed by atoms with Gasteiger partial charge in [-0.25, -0.2) is 4.39 Å². The van der Waals surface area contributed by atoms with Crippen molar-refractivity contribution in [1.82, 2.24) is 5.32 Å². The normalized spacial score (nSPS) is 12.4. The van der Waals surface area contributed by atoms with E-state index in [9.17, 15) is 9.18 Å². The third-order valence-electron chi connectivity index (χ3n) is 3.39. The van der Waals surface area contributed by atoms with Crippen molar-refractivity contribution in [2.24, 2.45) is 5.92 Å². The van der Waals surface area contributed by atoms with Crippen molar-refractivity contribution in [3.8, 4) is 0 Å². The van der Waals surface area contributed by atoms with Crippen LogP contribution in [0.1, 0.15) is 36.8 Å². The lowest BCUT2D eigenvalue weighted by Crippen LogP contribution is -2.31. The maximum Gasteiger partial charge on any atom is 0.220 e. The molecule has 0 fully saturated rings. The van der Waals surface area contributed by atoms with E-state index in [1.807, 2.05) is 11.4 Å². The van der Waals surface area contributed by atoms with Gasteiger partial charge in [-0.15, -0.1) is 11.3 Å². The van der Waals surface area contributed by atoms with Crippen LogP contribution in [0.5, 0.6) is 0 Å². The molecule has 0 bridgehead atoms. The van der Waals surface area contributed by atoms with Crippen LogP contribution in [0.2, 0.25) is 0 Å². The van der Waals surface area contributed by atoms with Gasteiger partial charge in [0.1, 0.15) is 5.82 Å². The number of hydrogen-bond acceptors (Lipinski definition) is 2. The second kappa shape index (κ2) is 7.36. The first-order chi connectivity index (χ1) is 10.1. The Morgan fingerprint density at radius 3 is 2.52 bits per heavy atom. The van der Waals surface area contributed by atoms with Crippen LogP contribution in [0.25, 0.3) is 0 Å². The monoisotopic (exact) mass is 305 g/mol. The highest BCUT2D eigenvalue weighted by Crippen LogP contribution is 2.25. The first kappa shape index (κ1) is 15.7. The molecule has 1 amide bonds. The van der Waals surface area contributed by atoms with Crippen LogP contribution in [0.15, 0.2) is 41.8 Å². The molecule has 1 N–H and O–H groups in total. The summed E-state index contributed by atoms with van der Waals surface area (Å²) in [5, 5.41) is 5.12. The molecule has 0 aliphatic rings. The summed E-state index contributed by atoms with van der Waals surface area (Å²) >= 11 is 1.66. The Morgan fingerprint density at radius 2 is 1.95 bits per heavy atom. The largest absolute Gasteiger partial charge is 0.348 e. The van der Waals surface area contributed by atoms with Gasteiger partial charge >= 0.3 is 0 Å². The van der Waals surface area contributed by atoms with E-state index in [2.05, 4.69) is 25.2 Å². The fourth-order valence-electron chi connectivity index (χ4n) is 2.19. The summed E-state index contributed by atoms with van der Waals surface area (Å²) in [5.74, 6) is 0.130. The minimum Gasteiger partial charge on any atom is -0.348 e. The number of amides is 1. The molecule has 2 aromatic rings. The van der Waals surface area contributed by atoms with Gasteiger partial charge in [0.05, 0.1) is 6.04 Å². The highest BCUT2D eigenvalue weighted by atomic mass is 32.1. The number of carbonyl (C=O) groups is 1. The molecule has 0 aliphatic carbocycles. The van der Waals surface area contributed by atoms with Gasteiger partial charge in [0.25, 0.3) is 0 Å².